The van der Waals surface area contributed by atoms with E-state index >= 15 is 0 Å². The summed E-state index contributed by atoms with van der Waals surface area (Å²) in [5.74, 6) is 0.171. The molecular formula is C11H8FN3. The van der Waals surface area contributed by atoms with Crippen LogP contribution in [-0.2, 0) is 0 Å². The predicted molar refractivity (Wildman–Crippen MR) is 58.0 cm³/mol. The Hall–Kier alpha value is -2.10. The number of nitrogen functional groups attached to an aromatic ring is 1. The number of rotatable bonds is 0. The molecule has 0 aliphatic rings. The first-order chi connectivity index (χ1) is 7.25. The molecule has 0 bridgehead atoms. The second-order valence-electron chi connectivity index (χ2n) is 3.43. The number of nitrogens with two attached hydrogens (primary N) is 1. The van der Waals surface area contributed by atoms with E-state index in [2.05, 4.69) is 9.97 Å². The average molecular weight is 201 g/mol. The molecule has 3 N–H and O–H groups in total. The third kappa shape index (κ3) is 1.08. The minimum Gasteiger partial charge on any atom is -0.382 e. The Morgan fingerprint density at radius 1 is 1.20 bits per heavy atom. The van der Waals surface area contributed by atoms with Crippen molar-refractivity contribution in [2.75, 3.05) is 5.73 Å². The van der Waals surface area contributed by atoms with Gasteiger partial charge < -0.3 is 10.7 Å². The van der Waals surface area contributed by atoms with E-state index in [1.54, 1.807) is 12.3 Å². The lowest BCUT2D eigenvalue weighted by Gasteiger charge is -1.92. The van der Waals surface area contributed by atoms with Crippen molar-refractivity contribution in [3.8, 4) is 0 Å². The van der Waals surface area contributed by atoms with Gasteiger partial charge in [-0.3, -0.25) is 0 Å². The maximum atomic E-state index is 13.0. The Kier molecular flexibility index (Phi) is 1.48. The standard InChI is InChI=1S/C11H8FN3/c12-6-1-2-7-8-3-4-14-11(13)10(8)15-9(7)5-6/h1-5,15H,(H2,13,14). The Bertz CT molecular complexity index is 657. The van der Waals surface area contributed by atoms with E-state index in [1.165, 1.54) is 12.1 Å². The highest BCUT2D eigenvalue weighted by atomic mass is 19.1. The lowest BCUT2D eigenvalue weighted by Crippen LogP contribution is -1.89. The average Bonchev–Trinajstić information content (AvgIpc) is 2.57. The van der Waals surface area contributed by atoms with Gasteiger partial charge in [0, 0.05) is 22.5 Å². The number of pyridine rings is 1. The zero-order valence-electron chi connectivity index (χ0n) is 7.79. The molecule has 15 heavy (non-hydrogen) atoms. The summed E-state index contributed by atoms with van der Waals surface area (Å²) in [6.45, 7) is 0. The van der Waals surface area contributed by atoms with Crippen LogP contribution in [0.4, 0.5) is 10.2 Å². The quantitative estimate of drug-likeness (QED) is 0.587. The number of hydrogen-bond donors (Lipinski definition) is 2. The lowest BCUT2D eigenvalue weighted by atomic mass is 10.2. The van der Waals surface area contributed by atoms with Crippen LogP contribution in [0.25, 0.3) is 21.8 Å². The molecule has 0 aliphatic carbocycles. The number of halogens is 1. The van der Waals surface area contributed by atoms with Crippen LogP contribution >= 0.6 is 0 Å². The molecule has 1 aromatic carbocycles. The van der Waals surface area contributed by atoms with E-state index in [0.29, 0.717) is 5.82 Å². The van der Waals surface area contributed by atoms with Gasteiger partial charge in [0.25, 0.3) is 0 Å². The molecule has 0 fully saturated rings. The fraction of sp³-hybridized carbons (Fsp3) is 0. The molecule has 3 rings (SSSR count). The molecule has 4 heteroatoms. The van der Waals surface area contributed by atoms with Gasteiger partial charge in [-0.25, -0.2) is 9.37 Å². The number of aromatic amines is 1. The second-order valence-corrected chi connectivity index (χ2v) is 3.43. The number of anilines is 1. The minimum atomic E-state index is -0.263. The van der Waals surface area contributed by atoms with Gasteiger partial charge in [-0.05, 0) is 24.3 Å². The first-order valence-electron chi connectivity index (χ1n) is 4.57. The van der Waals surface area contributed by atoms with Crippen LogP contribution in [0.1, 0.15) is 0 Å². The Morgan fingerprint density at radius 3 is 2.93 bits per heavy atom. The number of nitrogens with zero attached hydrogens (tertiary/aromatic N) is 1. The summed E-state index contributed by atoms with van der Waals surface area (Å²) in [7, 11) is 0. The Morgan fingerprint density at radius 2 is 2.07 bits per heavy atom. The van der Waals surface area contributed by atoms with Crippen molar-refractivity contribution < 1.29 is 4.39 Å². The molecule has 2 heterocycles. The van der Waals surface area contributed by atoms with Gasteiger partial charge in [0.05, 0.1) is 5.52 Å². The maximum absolute atomic E-state index is 13.0. The summed E-state index contributed by atoms with van der Waals surface area (Å²) in [6.07, 6.45) is 1.65. The monoisotopic (exact) mass is 201 g/mol. The van der Waals surface area contributed by atoms with Crippen LogP contribution in [0.15, 0.2) is 30.5 Å². The molecule has 74 valence electrons. The SMILES string of the molecule is Nc1nccc2c1[nH]c1cc(F)ccc12. The van der Waals surface area contributed by atoms with E-state index in [-0.39, 0.29) is 5.82 Å². The first-order valence-corrected chi connectivity index (χ1v) is 4.57. The zero-order chi connectivity index (χ0) is 10.4. The second kappa shape index (κ2) is 2.70. The number of nitrogens with one attached hydrogen (secondary N) is 1. The smallest absolute Gasteiger partial charge is 0.147 e. The molecule has 0 radical (unpaired) electrons. The van der Waals surface area contributed by atoms with Gasteiger partial charge in [-0.15, -0.1) is 0 Å². The Labute approximate surface area is 84.7 Å². The van der Waals surface area contributed by atoms with Crippen LogP contribution < -0.4 is 5.73 Å². The first kappa shape index (κ1) is 8.23. The largest absolute Gasteiger partial charge is 0.382 e. The van der Waals surface area contributed by atoms with Gasteiger partial charge >= 0.3 is 0 Å². The summed E-state index contributed by atoms with van der Waals surface area (Å²) in [5, 5.41) is 1.93. The molecule has 0 amide bonds. The number of aromatic nitrogens is 2. The molecule has 0 atom stereocenters. The molecule has 2 aromatic heterocycles. The van der Waals surface area contributed by atoms with E-state index in [4.69, 9.17) is 5.73 Å². The summed E-state index contributed by atoms with van der Waals surface area (Å²) < 4.78 is 13.0. The summed E-state index contributed by atoms with van der Waals surface area (Å²) in [4.78, 5) is 7.04. The van der Waals surface area contributed by atoms with Gasteiger partial charge in [-0.2, -0.15) is 0 Å². The van der Waals surface area contributed by atoms with Crippen LogP contribution in [0.3, 0.4) is 0 Å². The van der Waals surface area contributed by atoms with Crippen molar-refractivity contribution >= 4 is 27.6 Å². The number of hydrogen-bond acceptors (Lipinski definition) is 2. The van der Waals surface area contributed by atoms with E-state index in [0.717, 1.165) is 21.8 Å². The highest BCUT2D eigenvalue weighted by Gasteiger charge is 2.07. The van der Waals surface area contributed by atoms with Crippen molar-refractivity contribution in [2.45, 2.75) is 0 Å². The fourth-order valence-corrected chi connectivity index (χ4v) is 1.82. The predicted octanol–water partition coefficient (Wildman–Crippen LogP) is 2.44. The normalized spacial score (nSPS) is 11.3. The summed E-state index contributed by atoms with van der Waals surface area (Å²) in [6, 6.07) is 6.49. The van der Waals surface area contributed by atoms with Crippen molar-refractivity contribution in [1.82, 2.24) is 9.97 Å². The van der Waals surface area contributed by atoms with Gasteiger partial charge in [-0.1, -0.05) is 0 Å². The van der Waals surface area contributed by atoms with E-state index in [1.807, 2.05) is 6.07 Å². The topological polar surface area (TPSA) is 54.7 Å². The molecule has 0 unspecified atom stereocenters. The van der Waals surface area contributed by atoms with Gasteiger partial charge in [0.1, 0.15) is 11.6 Å². The van der Waals surface area contributed by atoms with E-state index < -0.39 is 0 Å². The molecule has 0 saturated carbocycles. The summed E-state index contributed by atoms with van der Waals surface area (Å²) >= 11 is 0. The minimum absolute atomic E-state index is 0.263. The molecule has 0 spiro atoms. The van der Waals surface area contributed by atoms with Crippen molar-refractivity contribution in [1.29, 1.82) is 0 Å². The highest BCUT2D eigenvalue weighted by molar-refractivity contribution is 6.09. The highest BCUT2D eigenvalue weighted by Crippen LogP contribution is 2.27. The molecule has 3 nitrogen and oxygen atoms in total. The number of H-pyrrole nitrogens is 1. The molecule has 0 aliphatic heterocycles. The Balaban J connectivity index is 2.57. The third-order valence-corrected chi connectivity index (χ3v) is 2.51. The van der Waals surface area contributed by atoms with E-state index in [9.17, 15) is 4.39 Å². The maximum Gasteiger partial charge on any atom is 0.147 e. The van der Waals surface area contributed by atoms with Gasteiger partial charge in [0.2, 0.25) is 0 Å². The summed E-state index contributed by atoms with van der Waals surface area (Å²) in [5.41, 5.74) is 7.22. The lowest BCUT2D eigenvalue weighted by molar-refractivity contribution is 0.629. The van der Waals surface area contributed by atoms with Crippen LogP contribution in [0.2, 0.25) is 0 Å². The van der Waals surface area contributed by atoms with Crippen molar-refractivity contribution in [3.63, 3.8) is 0 Å². The van der Waals surface area contributed by atoms with Crippen LogP contribution in [0, 0.1) is 5.82 Å². The van der Waals surface area contributed by atoms with Crippen molar-refractivity contribution in [3.05, 3.63) is 36.3 Å². The zero-order valence-corrected chi connectivity index (χ0v) is 7.79. The fourth-order valence-electron chi connectivity index (χ4n) is 1.82. The van der Waals surface area contributed by atoms with Gasteiger partial charge in [0.15, 0.2) is 0 Å². The van der Waals surface area contributed by atoms with Crippen LogP contribution in [-0.4, -0.2) is 9.97 Å². The number of benzene rings is 1. The van der Waals surface area contributed by atoms with Crippen LogP contribution in [0.5, 0.6) is 0 Å². The molecule has 3 aromatic rings. The molecule has 0 saturated heterocycles. The third-order valence-electron chi connectivity index (χ3n) is 2.51. The van der Waals surface area contributed by atoms with Crippen molar-refractivity contribution in [2.24, 2.45) is 0 Å². The molecular weight excluding hydrogens is 193 g/mol. The number of fused-ring (bicyclic) bond motifs is 3.